The Labute approximate surface area is 143 Å². The molecule has 2 aromatic carbocycles. The first-order valence-electron chi connectivity index (χ1n) is 8.73. The second-order valence-electron chi connectivity index (χ2n) is 6.64. The van der Waals surface area contributed by atoms with Crippen molar-refractivity contribution >= 4 is 16.5 Å². The van der Waals surface area contributed by atoms with Gasteiger partial charge in [0.15, 0.2) is 0 Å². The predicted octanol–water partition coefficient (Wildman–Crippen LogP) is 4.31. The van der Waals surface area contributed by atoms with Gasteiger partial charge in [0, 0.05) is 42.6 Å². The molecular formula is C21H23N3. The van der Waals surface area contributed by atoms with Gasteiger partial charge in [-0.15, -0.1) is 0 Å². The molecular weight excluding hydrogens is 294 g/mol. The lowest BCUT2D eigenvalue weighted by Gasteiger charge is -2.33. The van der Waals surface area contributed by atoms with Crippen LogP contribution in [0.5, 0.6) is 0 Å². The van der Waals surface area contributed by atoms with Gasteiger partial charge in [-0.1, -0.05) is 36.4 Å². The van der Waals surface area contributed by atoms with Crippen molar-refractivity contribution in [3.63, 3.8) is 0 Å². The number of nitrogens with one attached hydrogen (secondary N) is 1. The number of pyridine rings is 1. The lowest BCUT2D eigenvalue weighted by Crippen LogP contribution is -2.41. The Morgan fingerprint density at radius 2 is 1.96 bits per heavy atom. The lowest BCUT2D eigenvalue weighted by atomic mass is 10.0. The van der Waals surface area contributed by atoms with Gasteiger partial charge in [-0.25, -0.2) is 0 Å². The minimum Gasteiger partial charge on any atom is -0.381 e. The molecule has 0 aliphatic carbocycles. The molecule has 1 atom stereocenters. The SMILES string of the molecule is c1ccc(CN2CCCC(Nc3ccc4cnccc4c3)C2)cc1. The van der Waals surface area contributed by atoms with E-state index in [1.807, 2.05) is 12.4 Å². The van der Waals surface area contributed by atoms with Crippen LogP contribution in [0.15, 0.2) is 67.0 Å². The maximum Gasteiger partial charge on any atom is 0.0389 e. The van der Waals surface area contributed by atoms with Gasteiger partial charge >= 0.3 is 0 Å². The number of aromatic nitrogens is 1. The highest BCUT2D eigenvalue weighted by molar-refractivity contribution is 5.84. The van der Waals surface area contributed by atoms with E-state index < -0.39 is 0 Å². The number of rotatable bonds is 4. The van der Waals surface area contributed by atoms with Crippen molar-refractivity contribution in [2.75, 3.05) is 18.4 Å². The van der Waals surface area contributed by atoms with Gasteiger partial charge in [-0.3, -0.25) is 9.88 Å². The van der Waals surface area contributed by atoms with Crippen molar-refractivity contribution in [2.24, 2.45) is 0 Å². The van der Waals surface area contributed by atoms with Gasteiger partial charge in [-0.05, 0) is 48.5 Å². The van der Waals surface area contributed by atoms with Gasteiger partial charge in [0.25, 0.3) is 0 Å². The smallest absolute Gasteiger partial charge is 0.0389 e. The second kappa shape index (κ2) is 7.02. The Bertz CT molecular complexity index is 800. The molecule has 1 N–H and O–H groups in total. The fraction of sp³-hybridized carbons (Fsp3) is 0.286. The zero-order valence-electron chi connectivity index (χ0n) is 13.9. The molecule has 3 aromatic rings. The highest BCUT2D eigenvalue weighted by atomic mass is 15.2. The molecule has 0 spiro atoms. The van der Waals surface area contributed by atoms with Crippen LogP contribution in [0, 0.1) is 0 Å². The fourth-order valence-corrected chi connectivity index (χ4v) is 3.57. The van der Waals surface area contributed by atoms with Gasteiger partial charge in [0.1, 0.15) is 0 Å². The third kappa shape index (κ3) is 3.57. The Morgan fingerprint density at radius 3 is 2.88 bits per heavy atom. The minimum atomic E-state index is 0.516. The lowest BCUT2D eigenvalue weighted by molar-refractivity contribution is 0.208. The number of piperidine rings is 1. The number of nitrogens with zero attached hydrogens (tertiary/aromatic N) is 2. The van der Waals surface area contributed by atoms with Crippen molar-refractivity contribution in [3.8, 4) is 0 Å². The van der Waals surface area contributed by atoms with Crippen LogP contribution in [0.4, 0.5) is 5.69 Å². The van der Waals surface area contributed by atoms with Crippen molar-refractivity contribution in [1.29, 1.82) is 0 Å². The topological polar surface area (TPSA) is 28.2 Å². The van der Waals surface area contributed by atoms with Crippen molar-refractivity contribution in [2.45, 2.75) is 25.4 Å². The van der Waals surface area contributed by atoms with Crippen LogP contribution in [0.2, 0.25) is 0 Å². The Morgan fingerprint density at radius 1 is 1.04 bits per heavy atom. The molecule has 3 nitrogen and oxygen atoms in total. The quantitative estimate of drug-likeness (QED) is 0.777. The molecule has 1 unspecified atom stereocenters. The number of anilines is 1. The van der Waals surface area contributed by atoms with Gasteiger partial charge in [0.05, 0.1) is 0 Å². The summed E-state index contributed by atoms with van der Waals surface area (Å²) in [5.74, 6) is 0. The van der Waals surface area contributed by atoms with E-state index in [9.17, 15) is 0 Å². The van der Waals surface area contributed by atoms with Gasteiger partial charge < -0.3 is 5.32 Å². The first-order chi connectivity index (χ1) is 11.9. The molecule has 0 bridgehead atoms. The highest BCUT2D eigenvalue weighted by Gasteiger charge is 2.19. The average molecular weight is 317 g/mol. The summed E-state index contributed by atoms with van der Waals surface area (Å²) in [5, 5.41) is 6.16. The fourth-order valence-electron chi connectivity index (χ4n) is 3.57. The maximum atomic E-state index is 4.18. The van der Waals surface area contributed by atoms with Crippen LogP contribution in [0.25, 0.3) is 10.8 Å². The van der Waals surface area contributed by atoms with Crippen LogP contribution in [0.1, 0.15) is 18.4 Å². The summed E-state index contributed by atoms with van der Waals surface area (Å²) >= 11 is 0. The molecule has 1 aromatic heterocycles. The van der Waals surface area contributed by atoms with Crippen LogP contribution in [0.3, 0.4) is 0 Å². The van der Waals surface area contributed by atoms with Crippen molar-refractivity contribution in [1.82, 2.24) is 9.88 Å². The highest BCUT2D eigenvalue weighted by Crippen LogP contribution is 2.21. The molecule has 4 rings (SSSR count). The molecule has 1 aliphatic rings. The molecule has 1 saturated heterocycles. The second-order valence-corrected chi connectivity index (χ2v) is 6.64. The van der Waals surface area contributed by atoms with Crippen LogP contribution >= 0.6 is 0 Å². The van der Waals surface area contributed by atoms with Crippen molar-refractivity contribution < 1.29 is 0 Å². The van der Waals surface area contributed by atoms with E-state index in [1.165, 1.54) is 41.4 Å². The predicted molar refractivity (Wildman–Crippen MR) is 100 cm³/mol. The first kappa shape index (κ1) is 15.2. The van der Waals surface area contributed by atoms with E-state index in [-0.39, 0.29) is 0 Å². The van der Waals surface area contributed by atoms with E-state index in [1.54, 1.807) is 0 Å². The van der Waals surface area contributed by atoms with Crippen LogP contribution in [-0.2, 0) is 6.54 Å². The summed E-state index contributed by atoms with van der Waals surface area (Å²) in [6, 6.07) is 19.9. The van der Waals surface area contributed by atoms with Gasteiger partial charge in [-0.2, -0.15) is 0 Å². The van der Waals surface area contributed by atoms with E-state index in [2.05, 4.69) is 69.8 Å². The molecule has 2 heterocycles. The molecule has 0 saturated carbocycles. The molecule has 122 valence electrons. The minimum absolute atomic E-state index is 0.516. The largest absolute Gasteiger partial charge is 0.381 e. The number of likely N-dealkylation sites (tertiary alicyclic amines) is 1. The Kier molecular flexibility index (Phi) is 4.43. The number of fused-ring (bicyclic) bond motifs is 1. The standard InChI is InChI=1S/C21H23N3/c1-2-5-17(6-3-1)15-24-12-4-7-21(16-24)23-20-9-8-19-14-22-11-10-18(19)13-20/h1-3,5-6,8-11,13-14,21,23H,4,7,12,15-16H2. The molecule has 0 radical (unpaired) electrons. The molecule has 1 fully saturated rings. The number of benzene rings is 2. The molecule has 0 amide bonds. The third-order valence-electron chi connectivity index (χ3n) is 4.77. The number of hydrogen-bond acceptors (Lipinski definition) is 3. The van der Waals surface area contributed by atoms with Crippen molar-refractivity contribution in [3.05, 3.63) is 72.6 Å². The summed E-state index contributed by atoms with van der Waals surface area (Å²) in [7, 11) is 0. The zero-order valence-corrected chi connectivity index (χ0v) is 13.9. The van der Waals surface area contributed by atoms with E-state index in [0.717, 1.165) is 13.1 Å². The summed E-state index contributed by atoms with van der Waals surface area (Å²) in [5.41, 5.74) is 2.61. The summed E-state index contributed by atoms with van der Waals surface area (Å²) in [4.78, 5) is 6.74. The van der Waals surface area contributed by atoms with E-state index in [0.29, 0.717) is 6.04 Å². The van der Waals surface area contributed by atoms with Crippen LogP contribution < -0.4 is 5.32 Å². The molecule has 1 aliphatic heterocycles. The van der Waals surface area contributed by atoms with Gasteiger partial charge in [0.2, 0.25) is 0 Å². The average Bonchev–Trinajstić information content (AvgIpc) is 2.63. The monoisotopic (exact) mass is 317 g/mol. The summed E-state index contributed by atoms with van der Waals surface area (Å²) in [6.45, 7) is 3.34. The zero-order chi connectivity index (χ0) is 16.2. The Balaban J connectivity index is 1.42. The number of hydrogen-bond donors (Lipinski definition) is 1. The maximum absolute atomic E-state index is 4.18. The third-order valence-corrected chi connectivity index (χ3v) is 4.77. The Hall–Kier alpha value is -2.39. The summed E-state index contributed by atoms with van der Waals surface area (Å²) in [6.07, 6.45) is 6.26. The van der Waals surface area contributed by atoms with E-state index in [4.69, 9.17) is 0 Å². The first-order valence-corrected chi connectivity index (χ1v) is 8.73. The molecule has 24 heavy (non-hydrogen) atoms. The molecule has 3 heteroatoms. The normalized spacial score (nSPS) is 18.6. The summed E-state index contributed by atoms with van der Waals surface area (Å²) < 4.78 is 0. The van der Waals surface area contributed by atoms with E-state index >= 15 is 0 Å². The van der Waals surface area contributed by atoms with Crippen LogP contribution in [-0.4, -0.2) is 29.0 Å².